The Balaban J connectivity index is 1.47. The SMILES string of the molecule is CN(Cc1cccnc1N)C[C@H]1CCN(Cc2ccccc2)C1. The van der Waals surface area contributed by atoms with E-state index in [4.69, 9.17) is 5.73 Å². The Morgan fingerprint density at radius 1 is 1.22 bits per heavy atom. The molecule has 1 fully saturated rings. The number of nitrogen functional groups attached to an aromatic ring is 1. The molecule has 122 valence electrons. The first-order chi connectivity index (χ1) is 11.2. The van der Waals surface area contributed by atoms with Gasteiger partial charge in [-0.25, -0.2) is 4.98 Å². The maximum absolute atomic E-state index is 5.94. The van der Waals surface area contributed by atoms with Crippen LogP contribution < -0.4 is 5.73 Å². The number of hydrogen-bond acceptors (Lipinski definition) is 4. The van der Waals surface area contributed by atoms with Crippen molar-refractivity contribution >= 4 is 5.82 Å². The molecule has 1 saturated heterocycles. The predicted molar refractivity (Wildman–Crippen MR) is 94.8 cm³/mol. The fourth-order valence-electron chi connectivity index (χ4n) is 3.43. The zero-order chi connectivity index (χ0) is 16.1. The van der Waals surface area contributed by atoms with E-state index in [1.165, 1.54) is 25.1 Å². The molecule has 0 saturated carbocycles. The van der Waals surface area contributed by atoms with Gasteiger partial charge in [0, 0.05) is 37.9 Å². The van der Waals surface area contributed by atoms with Gasteiger partial charge in [0.1, 0.15) is 5.82 Å². The van der Waals surface area contributed by atoms with Crippen LogP contribution in [-0.4, -0.2) is 41.5 Å². The fourth-order valence-corrected chi connectivity index (χ4v) is 3.43. The van der Waals surface area contributed by atoms with E-state index >= 15 is 0 Å². The van der Waals surface area contributed by atoms with Crippen LogP contribution in [0.25, 0.3) is 0 Å². The smallest absolute Gasteiger partial charge is 0.127 e. The second kappa shape index (κ2) is 7.57. The molecule has 1 atom stereocenters. The summed E-state index contributed by atoms with van der Waals surface area (Å²) in [5.41, 5.74) is 8.47. The van der Waals surface area contributed by atoms with Gasteiger partial charge in [-0.1, -0.05) is 36.4 Å². The lowest BCUT2D eigenvalue weighted by Crippen LogP contribution is -2.28. The van der Waals surface area contributed by atoms with Crippen molar-refractivity contribution in [1.82, 2.24) is 14.8 Å². The van der Waals surface area contributed by atoms with Crippen LogP contribution in [0.15, 0.2) is 48.7 Å². The lowest BCUT2D eigenvalue weighted by Gasteiger charge is -2.22. The number of benzene rings is 1. The molecule has 1 aliphatic rings. The number of nitrogens with zero attached hydrogens (tertiary/aromatic N) is 3. The van der Waals surface area contributed by atoms with E-state index in [1.54, 1.807) is 6.20 Å². The maximum Gasteiger partial charge on any atom is 0.127 e. The first-order valence-electron chi connectivity index (χ1n) is 8.35. The molecule has 0 radical (unpaired) electrons. The van der Waals surface area contributed by atoms with Gasteiger partial charge in [-0.15, -0.1) is 0 Å². The van der Waals surface area contributed by atoms with Gasteiger partial charge in [0.05, 0.1) is 0 Å². The fraction of sp³-hybridized carbons (Fsp3) is 0.421. The molecule has 0 spiro atoms. The van der Waals surface area contributed by atoms with Crippen molar-refractivity contribution in [3.05, 3.63) is 59.8 Å². The maximum atomic E-state index is 5.94. The molecule has 0 bridgehead atoms. The van der Waals surface area contributed by atoms with E-state index in [0.717, 1.165) is 31.1 Å². The highest BCUT2D eigenvalue weighted by Crippen LogP contribution is 2.20. The van der Waals surface area contributed by atoms with E-state index < -0.39 is 0 Å². The largest absolute Gasteiger partial charge is 0.383 e. The van der Waals surface area contributed by atoms with Crippen LogP contribution in [0, 0.1) is 5.92 Å². The Morgan fingerprint density at radius 3 is 2.83 bits per heavy atom. The molecule has 1 aromatic carbocycles. The zero-order valence-electron chi connectivity index (χ0n) is 13.9. The lowest BCUT2D eigenvalue weighted by molar-refractivity contribution is 0.255. The van der Waals surface area contributed by atoms with Crippen LogP contribution in [0.5, 0.6) is 0 Å². The highest BCUT2D eigenvalue weighted by molar-refractivity contribution is 5.38. The Bertz CT molecular complexity index is 614. The van der Waals surface area contributed by atoms with Crippen LogP contribution in [0.2, 0.25) is 0 Å². The van der Waals surface area contributed by atoms with Crippen molar-refractivity contribution in [3.63, 3.8) is 0 Å². The van der Waals surface area contributed by atoms with E-state index in [9.17, 15) is 0 Å². The summed E-state index contributed by atoms with van der Waals surface area (Å²) in [4.78, 5) is 9.09. The normalized spacial score (nSPS) is 18.6. The average Bonchev–Trinajstić information content (AvgIpc) is 2.97. The van der Waals surface area contributed by atoms with Crippen LogP contribution in [0.4, 0.5) is 5.82 Å². The van der Waals surface area contributed by atoms with E-state index in [0.29, 0.717) is 5.82 Å². The Kier molecular flexibility index (Phi) is 5.26. The van der Waals surface area contributed by atoms with Crippen molar-refractivity contribution in [1.29, 1.82) is 0 Å². The van der Waals surface area contributed by atoms with Crippen molar-refractivity contribution < 1.29 is 0 Å². The number of aromatic nitrogens is 1. The van der Waals surface area contributed by atoms with Crippen LogP contribution in [-0.2, 0) is 13.1 Å². The third-order valence-electron chi connectivity index (χ3n) is 4.56. The second-order valence-corrected chi connectivity index (χ2v) is 6.62. The molecule has 0 aliphatic carbocycles. The van der Waals surface area contributed by atoms with Gasteiger partial charge in [0.25, 0.3) is 0 Å². The van der Waals surface area contributed by atoms with Crippen molar-refractivity contribution in [3.8, 4) is 0 Å². The third-order valence-corrected chi connectivity index (χ3v) is 4.56. The first kappa shape index (κ1) is 16.0. The van der Waals surface area contributed by atoms with Crippen molar-refractivity contribution in [2.45, 2.75) is 19.5 Å². The summed E-state index contributed by atoms with van der Waals surface area (Å²) in [6.45, 7) is 5.43. The van der Waals surface area contributed by atoms with Crippen LogP contribution in [0.3, 0.4) is 0 Å². The summed E-state index contributed by atoms with van der Waals surface area (Å²) >= 11 is 0. The minimum Gasteiger partial charge on any atom is -0.383 e. The monoisotopic (exact) mass is 310 g/mol. The Labute approximate surface area is 138 Å². The van der Waals surface area contributed by atoms with E-state index in [-0.39, 0.29) is 0 Å². The number of pyridine rings is 1. The number of hydrogen-bond donors (Lipinski definition) is 1. The molecule has 2 N–H and O–H groups in total. The number of likely N-dealkylation sites (tertiary alicyclic amines) is 1. The van der Waals surface area contributed by atoms with Gasteiger partial charge >= 0.3 is 0 Å². The number of nitrogens with two attached hydrogens (primary N) is 1. The second-order valence-electron chi connectivity index (χ2n) is 6.62. The number of anilines is 1. The van der Waals surface area contributed by atoms with Crippen LogP contribution in [0.1, 0.15) is 17.5 Å². The third kappa shape index (κ3) is 4.53. The van der Waals surface area contributed by atoms with Crippen molar-refractivity contribution in [2.24, 2.45) is 5.92 Å². The molecule has 3 rings (SSSR count). The van der Waals surface area contributed by atoms with Gasteiger partial charge in [0.2, 0.25) is 0 Å². The predicted octanol–water partition coefficient (Wildman–Crippen LogP) is 2.62. The zero-order valence-corrected chi connectivity index (χ0v) is 13.9. The van der Waals surface area contributed by atoms with Gasteiger partial charge in [0.15, 0.2) is 0 Å². The van der Waals surface area contributed by atoms with Gasteiger partial charge in [-0.05, 0) is 37.6 Å². The first-order valence-corrected chi connectivity index (χ1v) is 8.35. The topological polar surface area (TPSA) is 45.4 Å². The average molecular weight is 310 g/mol. The molecule has 2 heterocycles. The van der Waals surface area contributed by atoms with Gasteiger partial charge in [-0.2, -0.15) is 0 Å². The lowest BCUT2D eigenvalue weighted by atomic mass is 10.1. The molecule has 1 aromatic heterocycles. The van der Waals surface area contributed by atoms with Gasteiger partial charge in [-0.3, -0.25) is 4.90 Å². The molecule has 4 heteroatoms. The summed E-state index contributed by atoms with van der Waals surface area (Å²) < 4.78 is 0. The molecule has 4 nitrogen and oxygen atoms in total. The molecule has 1 aliphatic heterocycles. The summed E-state index contributed by atoms with van der Waals surface area (Å²) in [7, 11) is 2.17. The quantitative estimate of drug-likeness (QED) is 0.891. The van der Waals surface area contributed by atoms with Gasteiger partial charge < -0.3 is 10.6 Å². The van der Waals surface area contributed by atoms with Crippen molar-refractivity contribution in [2.75, 3.05) is 32.4 Å². The standard InChI is InChI=1S/C19H26N4/c1-22(15-18-8-5-10-21-19(18)20)12-17-9-11-23(14-17)13-16-6-3-2-4-7-16/h2-8,10,17H,9,11-15H2,1H3,(H2,20,21)/t17-/m1/s1. The number of rotatable bonds is 6. The summed E-state index contributed by atoms with van der Waals surface area (Å²) in [5.74, 6) is 1.39. The van der Waals surface area contributed by atoms with E-state index in [2.05, 4.69) is 58.2 Å². The summed E-state index contributed by atoms with van der Waals surface area (Å²) in [5, 5.41) is 0. The molecular weight excluding hydrogens is 284 g/mol. The highest BCUT2D eigenvalue weighted by atomic mass is 15.2. The molecule has 23 heavy (non-hydrogen) atoms. The summed E-state index contributed by atoms with van der Waals surface area (Å²) in [6, 6.07) is 14.8. The Morgan fingerprint density at radius 2 is 2.04 bits per heavy atom. The molecule has 0 unspecified atom stereocenters. The van der Waals surface area contributed by atoms with E-state index in [1.807, 2.05) is 6.07 Å². The molecule has 2 aromatic rings. The summed E-state index contributed by atoms with van der Waals surface area (Å²) in [6.07, 6.45) is 3.02. The highest BCUT2D eigenvalue weighted by Gasteiger charge is 2.23. The van der Waals surface area contributed by atoms with Crippen LogP contribution >= 0.6 is 0 Å². The Hall–Kier alpha value is -1.91. The minimum absolute atomic E-state index is 0.650. The molecular formula is C19H26N4. The molecule has 0 amide bonds. The minimum atomic E-state index is 0.650.